The Morgan fingerprint density at radius 2 is 1.53 bits per heavy atom. The molecule has 0 aliphatic heterocycles. The zero-order chi connectivity index (χ0) is 13.3. The van der Waals surface area contributed by atoms with E-state index in [1.54, 1.807) is 20.8 Å². The van der Waals surface area contributed by atoms with Gasteiger partial charge in [0.1, 0.15) is 12.6 Å². The predicted octanol–water partition coefficient (Wildman–Crippen LogP) is 1.77. The minimum Gasteiger partial charge on any atom is -0.466 e. The third-order valence-corrected chi connectivity index (χ3v) is 3.71. The second kappa shape index (κ2) is 8.39. The summed E-state index contributed by atoms with van der Waals surface area (Å²) >= 11 is 0. The molecule has 0 aromatic rings. The molecule has 0 aromatic heterocycles. The standard InChI is InChI=1S/C10H19O6P/c1-4-14-10(12)7-9(11)8-17(13,15-5-2)16-6-3/h4-8H2,1-3H3. The first-order valence-corrected chi connectivity index (χ1v) is 7.25. The van der Waals surface area contributed by atoms with Gasteiger partial charge >= 0.3 is 13.6 Å². The molecule has 0 fully saturated rings. The highest BCUT2D eigenvalue weighted by molar-refractivity contribution is 7.54. The lowest BCUT2D eigenvalue weighted by molar-refractivity contribution is -0.145. The molecule has 0 N–H and O–H groups in total. The molecule has 7 heteroatoms. The normalized spacial score (nSPS) is 11.2. The van der Waals surface area contributed by atoms with Gasteiger partial charge in [-0.3, -0.25) is 14.2 Å². The summed E-state index contributed by atoms with van der Waals surface area (Å²) in [6.45, 7) is 5.53. The molecular formula is C10H19O6P. The number of ether oxygens (including phenoxy) is 1. The van der Waals surface area contributed by atoms with Gasteiger partial charge in [-0.25, -0.2) is 0 Å². The van der Waals surface area contributed by atoms with E-state index < -0.39 is 31.9 Å². The van der Waals surface area contributed by atoms with E-state index in [-0.39, 0.29) is 19.8 Å². The molecule has 0 bridgehead atoms. The number of Topliss-reactive ketones (excluding diaryl/α,β-unsaturated/α-hetero) is 1. The minimum absolute atomic E-state index is 0.184. The first kappa shape index (κ1) is 16.3. The van der Waals surface area contributed by atoms with Crippen molar-refractivity contribution in [1.29, 1.82) is 0 Å². The molecule has 0 aliphatic rings. The van der Waals surface area contributed by atoms with Crippen molar-refractivity contribution in [2.24, 2.45) is 0 Å². The molecule has 100 valence electrons. The fraction of sp³-hybridized carbons (Fsp3) is 0.800. The molecule has 17 heavy (non-hydrogen) atoms. The molecular weight excluding hydrogens is 247 g/mol. The van der Waals surface area contributed by atoms with Crippen molar-refractivity contribution in [3.63, 3.8) is 0 Å². The van der Waals surface area contributed by atoms with Crippen molar-refractivity contribution in [2.45, 2.75) is 27.2 Å². The topological polar surface area (TPSA) is 78.9 Å². The number of carbonyl (C=O) groups is 2. The van der Waals surface area contributed by atoms with Gasteiger partial charge in [0.15, 0.2) is 5.78 Å². The van der Waals surface area contributed by atoms with E-state index in [1.165, 1.54) is 0 Å². The van der Waals surface area contributed by atoms with Gasteiger partial charge in [-0.2, -0.15) is 0 Å². The van der Waals surface area contributed by atoms with Crippen LogP contribution in [0.2, 0.25) is 0 Å². The molecule has 0 rings (SSSR count). The lowest BCUT2D eigenvalue weighted by atomic mass is 10.3. The van der Waals surface area contributed by atoms with Crippen LogP contribution in [0.4, 0.5) is 0 Å². The van der Waals surface area contributed by atoms with Gasteiger partial charge in [-0.15, -0.1) is 0 Å². The predicted molar refractivity (Wildman–Crippen MR) is 62.0 cm³/mol. The summed E-state index contributed by atoms with van der Waals surface area (Å²) in [5, 5.41) is 0. The van der Waals surface area contributed by atoms with Crippen LogP contribution in [0, 0.1) is 0 Å². The number of carbonyl (C=O) groups excluding carboxylic acids is 2. The van der Waals surface area contributed by atoms with Crippen molar-refractivity contribution in [1.82, 2.24) is 0 Å². The van der Waals surface area contributed by atoms with E-state index in [2.05, 4.69) is 4.74 Å². The van der Waals surface area contributed by atoms with Gasteiger partial charge in [0.25, 0.3) is 0 Å². The molecule has 0 atom stereocenters. The highest BCUT2D eigenvalue weighted by atomic mass is 31.2. The summed E-state index contributed by atoms with van der Waals surface area (Å²) in [7, 11) is -3.41. The third-order valence-electron chi connectivity index (χ3n) is 1.67. The molecule has 0 radical (unpaired) electrons. The fourth-order valence-electron chi connectivity index (χ4n) is 1.17. The number of ketones is 1. The van der Waals surface area contributed by atoms with Gasteiger partial charge in [0.2, 0.25) is 0 Å². The SMILES string of the molecule is CCOC(=O)CC(=O)CP(=O)(OCC)OCC. The van der Waals surface area contributed by atoms with Crippen LogP contribution in [0.25, 0.3) is 0 Å². The summed E-state index contributed by atoms with van der Waals surface area (Å²) in [6.07, 6.45) is -0.800. The van der Waals surface area contributed by atoms with E-state index in [0.29, 0.717) is 0 Å². The van der Waals surface area contributed by atoms with Crippen LogP contribution < -0.4 is 0 Å². The van der Waals surface area contributed by atoms with E-state index in [4.69, 9.17) is 9.05 Å². The van der Waals surface area contributed by atoms with Crippen molar-refractivity contribution in [2.75, 3.05) is 26.0 Å². The smallest absolute Gasteiger partial charge is 0.338 e. The third kappa shape index (κ3) is 7.26. The van der Waals surface area contributed by atoms with Crippen LogP contribution in [0.15, 0.2) is 0 Å². The summed E-state index contributed by atoms with van der Waals surface area (Å²) < 4.78 is 26.4. The second-order valence-electron chi connectivity index (χ2n) is 3.13. The Labute approximate surface area is 101 Å². The van der Waals surface area contributed by atoms with Crippen LogP contribution in [-0.2, 0) is 27.9 Å². The Hall–Kier alpha value is -0.710. The molecule has 6 nitrogen and oxygen atoms in total. The van der Waals surface area contributed by atoms with Crippen molar-refractivity contribution in [3.05, 3.63) is 0 Å². The van der Waals surface area contributed by atoms with Crippen molar-refractivity contribution < 1.29 is 27.9 Å². The van der Waals surface area contributed by atoms with E-state index in [0.717, 1.165) is 0 Å². The molecule has 0 saturated carbocycles. The van der Waals surface area contributed by atoms with E-state index in [1.807, 2.05) is 0 Å². The van der Waals surface area contributed by atoms with Crippen molar-refractivity contribution in [3.8, 4) is 0 Å². The van der Waals surface area contributed by atoms with E-state index >= 15 is 0 Å². The van der Waals surface area contributed by atoms with Gasteiger partial charge in [0, 0.05) is 0 Å². The zero-order valence-electron chi connectivity index (χ0n) is 10.4. The quantitative estimate of drug-likeness (QED) is 0.359. The number of hydrogen-bond donors (Lipinski definition) is 0. The van der Waals surface area contributed by atoms with Crippen LogP contribution in [0.3, 0.4) is 0 Å². The van der Waals surface area contributed by atoms with Gasteiger partial charge in [-0.05, 0) is 20.8 Å². The lowest BCUT2D eigenvalue weighted by Gasteiger charge is -2.15. The van der Waals surface area contributed by atoms with Crippen LogP contribution in [-0.4, -0.2) is 37.7 Å². The van der Waals surface area contributed by atoms with Crippen molar-refractivity contribution >= 4 is 19.3 Å². The molecule has 0 unspecified atom stereocenters. The second-order valence-corrected chi connectivity index (χ2v) is 5.18. The summed E-state index contributed by atoms with van der Waals surface area (Å²) in [5.74, 6) is -1.13. The average Bonchev–Trinajstić information content (AvgIpc) is 2.17. The Morgan fingerprint density at radius 1 is 1.00 bits per heavy atom. The van der Waals surface area contributed by atoms with Crippen LogP contribution in [0.1, 0.15) is 27.2 Å². The summed E-state index contributed by atoms with van der Waals surface area (Å²) in [5.41, 5.74) is 0. The van der Waals surface area contributed by atoms with Gasteiger partial charge in [0.05, 0.1) is 19.8 Å². The van der Waals surface area contributed by atoms with Gasteiger partial charge in [-0.1, -0.05) is 0 Å². The van der Waals surface area contributed by atoms with Crippen LogP contribution in [0.5, 0.6) is 0 Å². The summed E-state index contributed by atoms with van der Waals surface area (Å²) in [6, 6.07) is 0. The maximum atomic E-state index is 11.9. The molecule has 0 aromatic carbocycles. The zero-order valence-corrected chi connectivity index (χ0v) is 11.3. The monoisotopic (exact) mass is 266 g/mol. The Kier molecular flexibility index (Phi) is 8.04. The molecule has 0 saturated heterocycles. The maximum Gasteiger partial charge on any atom is 0.338 e. The lowest BCUT2D eigenvalue weighted by Crippen LogP contribution is -2.16. The molecule has 0 amide bonds. The number of esters is 1. The fourth-order valence-corrected chi connectivity index (χ4v) is 2.75. The number of hydrogen-bond acceptors (Lipinski definition) is 6. The summed E-state index contributed by atoms with van der Waals surface area (Å²) in [4.78, 5) is 22.5. The minimum atomic E-state index is -3.41. The van der Waals surface area contributed by atoms with Crippen LogP contribution >= 0.6 is 7.60 Å². The molecule has 0 spiro atoms. The average molecular weight is 266 g/mol. The van der Waals surface area contributed by atoms with E-state index in [9.17, 15) is 14.2 Å². The molecule has 0 heterocycles. The molecule has 0 aliphatic carbocycles. The largest absolute Gasteiger partial charge is 0.466 e. The van der Waals surface area contributed by atoms with Gasteiger partial charge < -0.3 is 13.8 Å². The Balaban J connectivity index is 4.31. The maximum absolute atomic E-state index is 11.9. The highest BCUT2D eigenvalue weighted by Crippen LogP contribution is 2.47. The first-order chi connectivity index (χ1) is 7.97. The Morgan fingerprint density at radius 3 is 1.94 bits per heavy atom. The number of rotatable bonds is 9. The Bertz CT molecular complexity index is 291. The first-order valence-electron chi connectivity index (χ1n) is 5.52. The highest BCUT2D eigenvalue weighted by Gasteiger charge is 2.28.